The molecule has 0 saturated carbocycles. The minimum atomic E-state index is -0.0569. The first-order chi connectivity index (χ1) is 8.00. The van der Waals surface area contributed by atoms with Gasteiger partial charge in [-0.2, -0.15) is 0 Å². The molecule has 0 unspecified atom stereocenters. The smallest absolute Gasteiger partial charge is 0.233 e. The van der Waals surface area contributed by atoms with Crippen LogP contribution < -0.4 is 5.32 Å². The Balaban J connectivity index is 2.48. The minimum absolute atomic E-state index is 0.0569. The quantitative estimate of drug-likeness (QED) is 0.813. The van der Waals surface area contributed by atoms with E-state index in [4.69, 9.17) is 0 Å². The van der Waals surface area contributed by atoms with Gasteiger partial charge >= 0.3 is 0 Å². The number of carbonyl (C=O) groups excluding carboxylic acids is 1. The highest BCUT2D eigenvalue weighted by Crippen LogP contribution is 2.22. The first-order valence-electron chi connectivity index (χ1n) is 6.02. The average Bonchev–Trinajstić information content (AvgIpc) is 2.29. The number of amides is 1. The van der Waals surface area contributed by atoms with Gasteiger partial charge in [-0.05, 0) is 31.9 Å². The largest absolute Gasteiger partial charge is 0.352 e. The van der Waals surface area contributed by atoms with Gasteiger partial charge in [0.15, 0.2) is 0 Å². The fraction of sp³-hybridized carbons (Fsp3) is 0.500. The molecule has 3 heteroatoms. The zero-order valence-corrected chi connectivity index (χ0v) is 11.8. The van der Waals surface area contributed by atoms with Crippen LogP contribution in [-0.4, -0.2) is 17.2 Å². The Kier molecular flexibility index (Phi) is 5.56. The molecule has 0 radical (unpaired) electrons. The van der Waals surface area contributed by atoms with Crippen LogP contribution in [0.1, 0.15) is 27.7 Å². The van der Waals surface area contributed by atoms with Gasteiger partial charge in [-0.15, -0.1) is 11.8 Å². The molecule has 1 aromatic rings. The summed E-state index contributed by atoms with van der Waals surface area (Å²) in [4.78, 5) is 13.1. The van der Waals surface area contributed by atoms with Gasteiger partial charge in [-0.25, -0.2) is 0 Å². The Hall–Kier alpha value is -0.960. The monoisotopic (exact) mass is 251 g/mol. The molecule has 17 heavy (non-hydrogen) atoms. The van der Waals surface area contributed by atoms with Crippen molar-refractivity contribution in [2.24, 2.45) is 5.92 Å². The number of hydrogen-bond acceptors (Lipinski definition) is 2. The summed E-state index contributed by atoms with van der Waals surface area (Å²) >= 11 is 1.59. The fourth-order valence-electron chi connectivity index (χ4n) is 1.27. The van der Waals surface area contributed by atoms with E-state index in [1.165, 1.54) is 0 Å². The van der Waals surface area contributed by atoms with Crippen LogP contribution in [0.5, 0.6) is 0 Å². The summed E-state index contributed by atoms with van der Waals surface area (Å²) < 4.78 is 0. The molecule has 0 aliphatic carbocycles. The van der Waals surface area contributed by atoms with Crippen molar-refractivity contribution in [3.05, 3.63) is 30.3 Å². The molecule has 0 saturated heterocycles. The van der Waals surface area contributed by atoms with Gasteiger partial charge in [0.1, 0.15) is 0 Å². The van der Waals surface area contributed by atoms with Crippen molar-refractivity contribution < 1.29 is 4.79 Å². The zero-order chi connectivity index (χ0) is 12.8. The second-order valence-corrected chi connectivity index (χ2v) is 6.03. The standard InChI is InChI=1S/C14H21NOS/c1-10(2)11(3)15-14(16)12(4)17-13-8-6-5-7-9-13/h5-12H,1-4H3,(H,15,16)/t11-,12-/m0/s1. The van der Waals surface area contributed by atoms with Gasteiger partial charge in [-0.3, -0.25) is 4.79 Å². The van der Waals surface area contributed by atoms with Crippen molar-refractivity contribution in [2.75, 3.05) is 0 Å². The summed E-state index contributed by atoms with van der Waals surface area (Å²) in [6.07, 6.45) is 0. The zero-order valence-electron chi connectivity index (χ0n) is 10.9. The van der Waals surface area contributed by atoms with E-state index >= 15 is 0 Å². The van der Waals surface area contributed by atoms with E-state index in [0.29, 0.717) is 5.92 Å². The topological polar surface area (TPSA) is 29.1 Å². The van der Waals surface area contributed by atoms with Crippen molar-refractivity contribution in [3.8, 4) is 0 Å². The first-order valence-corrected chi connectivity index (χ1v) is 6.90. The normalized spacial score (nSPS) is 14.4. The average molecular weight is 251 g/mol. The van der Waals surface area contributed by atoms with Crippen molar-refractivity contribution in [3.63, 3.8) is 0 Å². The van der Waals surface area contributed by atoms with Crippen molar-refractivity contribution >= 4 is 17.7 Å². The van der Waals surface area contributed by atoms with Crippen LogP contribution >= 0.6 is 11.8 Å². The second kappa shape index (κ2) is 6.70. The Morgan fingerprint density at radius 3 is 2.24 bits per heavy atom. The van der Waals surface area contributed by atoms with E-state index in [2.05, 4.69) is 19.2 Å². The van der Waals surface area contributed by atoms with Gasteiger partial charge in [0.2, 0.25) is 5.91 Å². The Morgan fingerprint density at radius 1 is 1.12 bits per heavy atom. The van der Waals surface area contributed by atoms with Crippen molar-refractivity contribution in [1.29, 1.82) is 0 Å². The van der Waals surface area contributed by atoms with Crippen LogP contribution in [0.15, 0.2) is 35.2 Å². The summed E-state index contributed by atoms with van der Waals surface area (Å²) in [5.41, 5.74) is 0. The van der Waals surface area contributed by atoms with Gasteiger partial charge in [0.25, 0.3) is 0 Å². The molecule has 1 rings (SSSR count). The van der Waals surface area contributed by atoms with E-state index in [1.54, 1.807) is 11.8 Å². The van der Waals surface area contributed by atoms with E-state index in [-0.39, 0.29) is 17.2 Å². The lowest BCUT2D eigenvalue weighted by atomic mass is 10.1. The molecule has 2 atom stereocenters. The minimum Gasteiger partial charge on any atom is -0.352 e. The number of rotatable bonds is 5. The molecule has 0 aliphatic heterocycles. The molecular weight excluding hydrogens is 230 g/mol. The summed E-state index contributed by atoms with van der Waals surface area (Å²) in [5, 5.41) is 2.98. The molecule has 0 aliphatic rings. The highest BCUT2D eigenvalue weighted by atomic mass is 32.2. The number of carbonyl (C=O) groups is 1. The SMILES string of the molecule is CC(C)[C@H](C)NC(=O)[C@H](C)Sc1ccccc1. The van der Waals surface area contributed by atoms with Crippen molar-refractivity contribution in [2.45, 2.75) is 43.9 Å². The van der Waals surface area contributed by atoms with E-state index in [1.807, 2.05) is 44.2 Å². The van der Waals surface area contributed by atoms with E-state index in [0.717, 1.165) is 4.90 Å². The molecule has 0 spiro atoms. The molecule has 0 bridgehead atoms. The molecule has 1 aromatic carbocycles. The Bertz CT molecular complexity index is 350. The predicted molar refractivity (Wildman–Crippen MR) is 74.2 cm³/mol. The van der Waals surface area contributed by atoms with Crippen LogP contribution in [0, 0.1) is 5.92 Å². The van der Waals surface area contributed by atoms with Crippen LogP contribution in [0.2, 0.25) is 0 Å². The van der Waals surface area contributed by atoms with E-state index in [9.17, 15) is 4.79 Å². The maximum Gasteiger partial charge on any atom is 0.233 e. The highest BCUT2D eigenvalue weighted by molar-refractivity contribution is 8.00. The third-order valence-corrected chi connectivity index (χ3v) is 3.91. The molecule has 0 aromatic heterocycles. The van der Waals surface area contributed by atoms with Crippen LogP contribution in [0.3, 0.4) is 0 Å². The second-order valence-electron chi connectivity index (χ2n) is 4.61. The number of nitrogens with one attached hydrogen (secondary N) is 1. The third-order valence-electron chi connectivity index (χ3n) is 2.80. The van der Waals surface area contributed by atoms with Crippen LogP contribution in [-0.2, 0) is 4.79 Å². The van der Waals surface area contributed by atoms with Crippen LogP contribution in [0.25, 0.3) is 0 Å². The summed E-state index contributed by atoms with van der Waals surface area (Å²) in [6, 6.07) is 10.2. The van der Waals surface area contributed by atoms with Crippen molar-refractivity contribution in [1.82, 2.24) is 5.32 Å². The molecule has 94 valence electrons. The maximum absolute atomic E-state index is 11.9. The molecular formula is C14H21NOS. The lowest BCUT2D eigenvalue weighted by Gasteiger charge is -2.20. The van der Waals surface area contributed by atoms with Gasteiger partial charge < -0.3 is 5.32 Å². The fourth-order valence-corrected chi connectivity index (χ4v) is 2.16. The lowest BCUT2D eigenvalue weighted by molar-refractivity contribution is -0.121. The molecule has 0 fully saturated rings. The van der Waals surface area contributed by atoms with Crippen LogP contribution in [0.4, 0.5) is 0 Å². The number of hydrogen-bond donors (Lipinski definition) is 1. The summed E-state index contributed by atoms with van der Waals surface area (Å²) in [6.45, 7) is 8.21. The lowest BCUT2D eigenvalue weighted by Crippen LogP contribution is -2.40. The Morgan fingerprint density at radius 2 is 1.71 bits per heavy atom. The van der Waals surface area contributed by atoms with E-state index < -0.39 is 0 Å². The third kappa shape index (κ3) is 4.82. The van der Waals surface area contributed by atoms with Gasteiger partial charge in [0.05, 0.1) is 5.25 Å². The maximum atomic E-state index is 11.9. The highest BCUT2D eigenvalue weighted by Gasteiger charge is 2.17. The molecule has 2 nitrogen and oxygen atoms in total. The molecule has 1 amide bonds. The molecule has 1 N–H and O–H groups in total. The number of thioether (sulfide) groups is 1. The number of benzene rings is 1. The van der Waals surface area contributed by atoms with Gasteiger partial charge in [-0.1, -0.05) is 32.0 Å². The summed E-state index contributed by atoms with van der Waals surface area (Å²) in [7, 11) is 0. The van der Waals surface area contributed by atoms with Gasteiger partial charge in [0, 0.05) is 10.9 Å². The first kappa shape index (κ1) is 14.1. The predicted octanol–water partition coefficient (Wildman–Crippen LogP) is 3.33. The Labute approximate surface area is 108 Å². The molecule has 0 heterocycles. The summed E-state index contributed by atoms with van der Waals surface area (Å²) in [5.74, 6) is 0.577.